The van der Waals surface area contributed by atoms with Crippen LogP contribution in [-0.2, 0) is 11.2 Å². The van der Waals surface area contributed by atoms with Gasteiger partial charge < -0.3 is 14.4 Å². The molecule has 0 unspecified atom stereocenters. The molecule has 5 heteroatoms. The quantitative estimate of drug-likeness (QED) is 0.782. The zero-order valence-corrected chi connectivity index (χ0v) is 16.2. The van der Waals surface area contributed by atoms with Gasteiger partial charge in [-0.2, -0.15) is 0 Å². The number of benzene rings is 1. The van der Waals surface area contributed by atoms with E-state index in [1.165, 1.54) is 24.8 Å². The Kier molecular flexibility index (Phi) is 6.78. The molecule has 2 aliphatic rings. The lowest BCUT2D eigenvalue weighted by molar-refractivity contribution is -0.138. The molecule has 1 aliphatic carbocycles. The maximum Gasteiger partial charge on any atom is 0.225 e. The molecule has 1 saturated heterocycles. The van der Waals surface area contributed by atoms with Crippen LogP contribution in [0.5, 0.6) is 11.5 Å². The number of hydrogen-bond acceptors (Lipinski definition) is 4. The van der Waals surface area contributed by atoms with Gasteiger partial charge in [-0.1, -0.05) is 25.3 Å². The van der Waals surface area contributed by atoms with Gasteiger partial charge in [-0.15, -0.1) is 0 Å². The number of carbonyl (C=O) groups excluding carboxylic acids is 1. The molecule has 26 heavy (non-hydrogen) atoms. The van der Waals surface area contributed by atoms with Crippen molar-refractivity contribution in [1.29, 1.82) is 0 Å². The first-order valence-corrected chi connectivity index (χ1v) is 9.93. The van der Waals surface area contributed by atoms with Crippen molar-refractivity contribution in [1.82, 2.24) is 9.80 Å². The molecule has 1 heterocycles. The second kappa shape index (κ2) is 9.26. The van der Waals surface area contributed by atoms with E-state index in [9.17, 15) is 4.79 Å². The third-order valence-electron chi connectivity index (χ3n) is 5.80. The Morgan fingerprint density at radius 1 is 1.00 bits per heavy atom. The van der Waals surface area contributed by atoms with Crippen molar-refractivity contribution < 1.29 is 14.3 Å². The molecule has 2 fully saturated rings. The van der Waals surface area contributed by atoms with E-state index in [0.717, 1.165) is 63.5 Å². The van der Waals surface area contributed by atoms with Crippen LogP contribution in [0, 0.1) is 5.92 Å². The molecule has 0 radical (unpaired) electrons. The lowest BCUT2D eigenvalue weighted by atomic mass is 9.88. The fourth-order valence-corrected chi connectivity index (χ4v) is 4.12. The second-order valence-electron chi connectivity index (χ2n) is 7.44. The average molecular weight is 360 g/mol. The second-order valence-corrected chi connectivity index (χ2v) is 7.44. The average Bonchev–Trinajstić information content (AvgIpc) is 2.72. The van der Waals surface area contributed by atoms with Crippen molar-refractivity contribution >= 4 is 5.91 Å². The van der Waals surface area contributed by atoms with Crippen molar-refractivity contribution in [2.45, 2.75) is 38.5 Å². The number of ether oxygens (including phenoxy) is 2. The molecule has 0 aromatic heterocycles. The van der Waals surface area contributed by atoms with Crippen LogP contribution in [0.1, 0.15) is 37.7 Å². The monoisotopic (exact) mass is 360 g/mol. The van der Waals surface area contributed by atoms with Crippen molar-refractivity contribution in [3.8, 4) is 11.5 Å². The Morgan fingerprint density at radius 2 is 1.69 bits per heavy atom. The third kappa shape index (κ3) is 4.70. The summed E-state index contributed by atoms with van der Waals surface area (Å²) in [6.45, 7) is 4.72. The summed E-state index contributed by atoms with van der Waals surface area (Å²) in [5.74, 6) is 2.25. The largest absolute Gasteiger partial charge is 0.493 e. The van der Waals surface area contributed by atoms with Gasteiger partial charge in [0.05, 0.1) is 14.2 Å². The first kappa shape index (κ1) is 19.0. The molecule has 0 bridgehead atoms. The first-order valence-electron chi connectivity index (χ1n) is 9.93. The van der Waals surface area contributed by atoms with Crippen LogP contribution >= 0.6 is 0 Å². The van der Waals surface area contributed by atoms with Crippen molar-refractivity contribution in [3.05, 3.63) is 23.8 Å². The van der Waals surface area contributed by atoms with Crippen molar-refractivity contribution in [2.75, 3.05) is 46.9 Å². The fraction of sp³-hybridized carbons (Fsp3) is 0.667. The molecule has 0 atom stereocenters. The zero-order valence-electron chi connectivity index (χ0n) is 16.2. The van der Waals surface area contributed by atoms with E-state index in [4.69, 9.17) is 9.47 Å². The molecule has 1 aromatic rings. The van der Waals surface area contributed by atoms with Crippen LogP contribution in [0.15, 0.2) is 18.2 Å². The summed E-state index contributed by atoms with van der Waals surface area (Å²) in [5.41, 5.74) is 1.25. The van der Waals surface area contributed by atoms with Crippen LogP contribution in [-0.4, -0.2) is 62.7 Å². The van der Waals surface area contributed by atoms with Crippen LogP contribution in [0.25, 0.3) is 0 Å². The maximum absolute atomic E-state index is 12.7. The molecule has 0 N–H and O–H groups in total. The highest BCUT2D eigenvalue weighted by molar-refractivity contribution is 5.79. The molecule has 1 aliphatic heterocycles. The Hall–Kier alpha value is -1.75. The Morgan fingerprint density at radius 3 is 2.35 bits per heavy atom. The normalized spacial score (nSPS) is 19.4. The molecule has 144 valence electrons. The Bertz CT molecular complexity index is 591. The highest BCUT2D eigenvalue weighted by atomic mass is 16.5. The summed E-state index contributed by atoms with van der Waals surface area (Å²) in [4.78, 5) is 17.2. The predicted octanol–water partition coefficient (Wildman–Crippen LogP) is 2.97. The smallest absolute Gasteiger partial charge is 0.225 e. The minimum Gasteiger partial charge on any atom is -0.493 e. The summed E-state index contributed by atoms with van der Waals surface area (Å²) in [7, 11) is 3.33. The fourth-order valence-electron chi connectivity index (χ4n) is 4.12. The number of amides is 1. The van der Waals surface area contributed by atoms with Gasteiger partial charge in [-0.3, -0.25) is 9.69 Å². The highest BCUT2D eigenvalue weighted by Gasteiger charge is 2.28. The predicted molar refractivity (Wildman–Crippen MR) is 103 cm³/mol. The molecule has 1 amide bonds. The summed E-state index contributed by atoms with van der Waals surface area (Å²) in [6, 6.07) is 6.13. The molecule has 1 aromatic carbocycles. The van der Waals surface area contributed by atoms with E-state index in [0.29, 0.717) is 11.8 Å². The van der Waals surface area contributed by atoms with E-state index in [2.05, 4.69) is 21.9 Å². The first-order chi connectivity index (χ1) is 12.7. The molecular formula is C21H32N2O3. The summed E-state index contributed by atoms with van der Waals surface area (Å²) in [5, 5.41) is 0. The summed E-state index contributed by atoms with van der Waals surface area (Å²) in [6.07, 6.45) is 6.92. The van der Waals surface area contributed by atoms with Crippen molar-refractivity contribution in [2.24, 2.45) is 5.92 Å². The number of carbonyl (C=O) groups is 1. The van der Waals surface area contributed by atoms with E-state index >= 15 is 0 Å². The number of hydrogen-bond donors (Lipinski definition) is 0. The molecule has 0 spiro atoms. The minimum atomic E-state index is 0.294. The number of methoxy groups -OCH3 is 2. The van der Waals surface area contributed by atoms with E-state index in [-0.39, 0.29) is 0 Å². The van der Waals surface area contributed by atoms with Crippen LogP contribution < -0.4 is 9.47 Å². The van der Waals surface area contributed by atoms with Crippen molar-refractivity contribution in [3.63, 3.8) is 0 Å². The van der Waals surface area contributed by atoms with E-state index < -0.39 is 0 Å². The van der Waals surface area contributed by atoms with Gasteiger partial charge in [0.25, 0.3) is 0 Å². The summed E-state index contributed by atoms with van der Waals surface area (Å²) >= 11 is 0. The number of piperazine rings is 1. The van der Waals surface area contributed by atoms with Crippen LogP contribution in [0.2, 0.25) is 0 Å². The van der Waals surface area contributed by atoms with Gasteiger partial charge in [0, 0.05) is 38.6 Å². The molecular weight excluding hydrogens is 328 g/mol. The van der Waals surface area contributed by atoms with E-state index in [1.54, 1.807) is 14.2 Å². The SMILES string of the molecule is COc1ccc(CCN2CCN(C(=O)C3CCCCC3)CC2)cc1OC. The standard InChI is InChI=1S/C21H32N2O3/c1-25-19-9-8-17(16-20(19)26-2)10-11-22-12-14-23(15-13-22)21(24)18-6-4-3-5-7-18/h8-9,16,18H,3-7,10-15H2,1-2H3. The van der Waals surface area contributed by atoms with Crippen LogP contribution in [0.4, 0.5) is 0 Å². The lowest BCUT2D eigenvalue weighted by Gasteiger charge is -2.37. The van der Waals surface area contributed by atoms with Gasteiger partial charge >= 0.3 is 0 Å². The molecule has 3 rings (SSSR count). The number of nitrogens with zero attached hydrogens (tertiary/aromatic N) is 2. The van der Waals surface area contributed by atoms with Gasteiger partial charge in [-0.05, 0) is 37.0 Å². The number of rotatable bonds is 6. The van der Waals surface area contributed by atoms with Gasteiger partial charge in [0.15, 0.2) is 11.5 Å². The Labute approximate surface area is 157 Å². The van der Waals surface area contributed by atoms with Gasteiger partial charge in [-0.25, -0.2) is 0 Å². The zero-order chi connectivity index (χ0) is 18.4. The minimum absolute atomic E-state index is 0.294. The Balaban J connectivity index is 1.44. The van der Waals surface area contributed by atoms with Gasteiger partial charge in [0.2, 0.25) is 5.91 Å². The third-order valence-corrected chi connectivity index (χ3v) is 5.80. The molecule has 1 saturated carbocycles. The topological polar surface area (TPSA) is 42.0 Å². The van der Waals surface area contributed by atoms with E-state index in [1.807, 2.05) is 6.07 Å². The van der Waals surface area contributed by atoms with Gasteiger partial charge in [0.1, 0.15) is 0 Å². The van der Waals surface area contributed by atoms with Crippen LogP contribution in [0.3, 0.4) is 0 Å². The maximum atomic E-state index is 12.7. The lowest BCUT2D eigenvalue weighted by Crippen LogP contribution is -2.50. The highest BCUT2D eigenvalue weighted by Crippen LogP contribution is 2.28. The molecule has 5 nitrogen and oxygen atoms in total. The summed E-state index contributed by atoms with van der Waals surface area (Å²) < 4.78 is 10.7.